The van der Waals surface area contributed by atoms with Gasteiger partial charge in [0.2, 0.25) is 5.91 Å². The molecule has 0 spiro atoms. The number of H-pyrrole nitrogens is 1. The number of aryl methyl sites for hydroxylation is 1. The van der Waals surface area contributed by atoms with Crippen molar-refractivity contribution in [2.45, 2.75) is 32.8 Å². The third kappa shape index (κ3) is 5.65. The van der Waals surface area contributed by atoms with Gasteiger partial charge in [0.05, 0.1) is 28.4 Å². The van der Waals surface area contributed by atoms with Crippen molar-refractivity contribution >= 4 is 34.8 Å². The number of ether oxygens (including phenoxy) is 1. The minimum Gasteiger partial charge on any atom is -0.489 e. The van der Waals surface area contributed by atoms with E-state index in [-0.39, 0.29) is 30.4 Å². The van der Waals surface area contributed by atoms with Gasteiger partial charge in [-0.15, -0.1) is 0 Å². The first-order valence-corrected chi connectivity index (χ1v) is 9.56. The van der Waals surface area contributed by atoms with E-state index in [4.69, 9.17) is 16.3 Å². The molecule has 0 saturated heterocycles. The molecule has 150 valence electrons. The Bertz CT molecular complexity index is 1110. The summed E-state index contributed by atoms with van der Waals surface area (Å²) < 4.78 is 5.57. The van der Waals surface area contributed by atoms with E-state index in [2.05, 4.69) is 20.5 Å². The molecule has 1 amide bonds. The second kappa shape index (κ2) is 9.34. The number of benzene rings is 2. The number of fused-ring (bicyclic) bond motifs is 1. The molecule has 0 saturated carbocycles. The number of halogens is 1. The standard InChI is InChI=1S/C21H21ClN4O3/c1-13(2)29-19-9-7-14(11-15(19)22)12-23-26-20(27)10-8-18-21(28)25-17-6-4-3-5-16(17)24-18/h3-7,9,11-13H,8,10H2,1-2H3,(H,25,28)(H,26,27)/b23-12-. The number of aromatic amines is 1. The van der Waals surface area contributed by atoms with Crippen molar-refractivity contribution in [2.24, 2.45) is 5.10 Å². The fourth-order valence-corrected chi connectivity index (χ4v) is 2.88. The molecule has 3 aromatic rings. The van der Waals surface area contributed by atoms with Crippen molar-refractivity contribution in [1.82, 2.24) is 15.4 Å². The molecule has 7 nitrogen and oxygen atoms in total. The lowest BCUT2D eigenvalue weighted by atomic mass is 10.2. The summed E-state index contributed by atoms with van der Waals surface area (Å²) in [6, 6.07) is 12.5. The highest BCUT2D eigenvalue weighted by molar-refractivity contribution is 6.32. The first-order chi connectivity index (χ1) is 13.9. The summed E-state index contributed by atoms with van der Waals surface area (Å²) in [7, 11) is 0. The van der Waals surface area contributed by atoms with Crippen LogP contribution in [-0.4, -0.2) is 28.2 Å². The van der Waals surface area contributed by atoms with Crippen LogP contribution >= 0.6 is 11.6 Å². The smallest absolute Gasteiger partial charge is 0.270 e. The number of amides is 1. The van der Waals surface area contributed by atoms with Crippen molar-refractivity contribution in [3.8, 4) is 5.75 Å². The predicted molar refractivity (Wildman–Crippen MR) is 114 cm³/mol. The summed E-state index contributed by atoms with van der Waals surface area (Å²) in [4.78, 5) is 31.2. The second-order valence-electron chi connectivity index (χ2n) is 6.68. The molecular weight excluding hydrogens is 392 g/mol. The van der Waals surface area contributed by atoms with Crippen molar-refractivity contribution in [1.29, 1.82) is 0 Å². The van der Waals surface area contributed by atoms with E-state index in [0.717, 1.165) is 5.56 Å². The molecule has 0 aliphatic rings. The largest absolute Gasteiger partial charge is 0.489 e. The van der Waals surface area contributed by atoms with E-state index < -0.39 is 0 Å². The minimum atomic E-state index is -0.318. The van der Waals surface area contributed by atoms with E-state index in [9.17, 15) is 9.59 Å². The third-order valence-corrected chi connectivity index (χ3v) is 4.28. The van der Waals surface area contributed by atoms with E-state index in [0.29, 0.717) is 27.5 Å². The minimum absolute atomic E-state index is 0.0237. The quantitative estimate of drug-likeness (QED) is 0.459. The molecule has 0 bridgehead atoms. The molecule has 2 N–H and O–H groups in total. The number of nitrogens with one attached hydrogen (secondary N) is 2. The van der Waals surface area contributed by atoms with Crippen LogP contribution in [0.15, 0.2) is 52.4 Å². The van der Waals surface area contributed by atoms with Gasteiger partial charge in [-0.05, 0) is 49.7 Å². The summed E-state index contributed by atoms with van der Waals surface area (Å²) in [6.45, 7) is 3.84. The maximum absolute atomic E-state index is 12.1. The van der Waals surface area contributed by atoms with Crippen molar-refractivity contribution in [3.05, 3.63) is 69.1 Å². The van der Waals surface area contributed by atoms with Gasteiger partial charge in [0, 0.05) is 12.8 Å². The zero-order valence-electron chi connectivity index (χ0n) is 16.1. The molecule has 0 aliphatic heterocycles. The van der Waals surface area contributed by atoms with Crippen molar-refractivity contribution in [3.63, 3.8) is 0 Å². The van der Waals surface area contributed by atoms with Gasteiger partial charge in [-0.3, -0.25) is 9.59 Å². The maximum Gasteiger partial charge on any atom is 0.270 e. The normalized spacial score (nSPS) is 11.3. The second-order valence-corrected chi connectivity index (χ2v) is 7.09. The number of carbonyl (C=O) groups excluding carboxylic acids is 1. The molecular formula is C21H21ClN4O3. The number of hydrogen-bond donors (Lipinski definition) is 2. The van der Waals surface area contributed by atoms with Gasteiger partial charge in [0.1, 0.15) is 11.4 Å². The Balaban J connectivity index is 1.55. The number of hydrogen-bond acceptors (Lipinski definition) is 5. The Morgan fingerprint density at radius 1 is 1.31 bits per heavy atom. The van der Waals surface area contributed by atoms with Gasteiger partial charge in [0.25, 0.3) is 5.56 Å². The molecule has 29 heavy (non-hydrogen) atoms. The number of carbonyl (C=O) groups is 1. The number of rotatable bonds is 7. The molecule has 2 aromatic carbocycles. The Morgan fingerprint density at radius 3 is 2.86 bits per heavy atom. The lowest BCUT2D eigenvalue weighted by Gasteiger charge is -2.11. The highest BCUT2D eigenvalue weighted by Gasteiger charge is 2.08. The first kappa shape index (κ1) is 20.5. The third-order valence-electron chi connectivity index (χ3n) is 3.98. The average molecular weight is 413 g/mol. The Kier molecular flexibility index (Phi) is 6.61. The number of para-hydroxylation sites is 2. The molecule has 1 heterocycles. The molecule has 1 aromatic heterocycles. The van der Waals surface area contributed by atoms with Crippen LogP contribution in [0.5, 0.6) is 5.75 Å². The van der Waals surface area contributed by atoms with Crippen LogP contribution in [0.3, 0.4) is 0 Å². The zero-order valence-corrected chi connectivity index (χ0v) is 16.9. The van der Waals surface area contributed by atoms with E-state index in [1.54, 1.807) is 24.3 Å². The van der Waals surface area contributed by atoms with E-state index in [1.165, 1.54) is 6.21 Å². The van der Waals surface area contributed by atoms with Crippen LogP contribution in [-0.2, 0) is 11.2 Å². The Labute approximate surface area is 172 Å². The van der Waals surface area contributed by atoms with Crippen LogP contribution < -0.4 is 15.7 Å². The number of hydrazone groups is 1. The maximum atomic E-state index is 12.1. The lowest BCUT2D eigenvalue weighted by molar-refractivity contribution is -0.121. The highest BCUT2D eigenvalue weighted by Crippen LogP contribution is 2.25. The van der Waals surface area contributed by atoms with Crippen LogP contribution in [0.4, 0.5) is 0 Å². The van der Waals surface area contributed by atoms with Gasteiger partial charge in [-0.2, -0.15) is 5.10 Å². The van der Waals surface area contributed by atoms with Crippen LogP contribution in [0.2, 0.25) is 5.02 Å². The van der Waals surface area contributed by atoms with Gasteiger partial charge in [-0.1, -0.05) is 23.7 Å². The van der Waals surface area contributed by atoms with Gasteiger partial charge in [0.15, 0.2) is 0 Å². The summed E-state index contributed by atoms with van der Waals surface area (Å²) in [5.74, 6) is 0.275. The Hall–Kier alpha value is -3.19. The van der Waals surface area contributed by atoms with Crippen molar-refractivity contribution in [2.75, 3.05) is 0 Å². The average Bonchev–Trinajstić information content (AvgIpc) is 2.68. The Morgan fingerprint density at radius 2 is 2.10 bits per heavy atom. The molecule has 0 fully saturated rings. The molecule has 0 unspecified atom stereocenters. The van der Waals surface area contributed by atoms with Gasteiger partial charge < -0.3 is 9.72 Å². The van der Waals surface area contributed by atoms with Crippen LogP contribution in [0.25, 0.3) is 11.0 Å². The first-order valence-electron chi connectivity index (χ1n) is 9.18. The molecule has 0 atom stereocenters. The summed E-state index contributed by atoms with van der Waals surface area (Å²) in [5.41, 5.74) is 4.53. The van der Waals surface area contributed by atoms with Crippen LogP contribution in [0, 0.1) is 0 Å². The van der Waals surface area contributed by atoms with E-state index in [1.807, 2.05) is 32.0 Å². The monoisotopic (exact) mass is 412 g/mol. The predicted octanol–water partition coefficient (Wildman–Crippen LogP) is 3.45. The lowest BCUT2D eigenvalue weighted by Crippen LogP contribution is -2.21. The summed E-state index contributed by atoms with van der Waals surface area (Å²) in [6.07, 6.45) is 1.82. The number of nitrogens with zero attached hydrogens (tertiary/aromatic N) is 2. The SMILES string of the molecule is CC(C)Oc1ccc(/C=N\NC(=O)CCc2nc3ccccc3[nH]c2=O)cc1Cl. The van der Waals surface area contributed by atoms with Crippen LogP contribution in [0.1, 0.15) is 31.5 Å². The zero-order chi connectivity index (χ0) is 20.8. The van der Waals surface area contributed by atoms with Crippen molar-refractivity contribution < 1.29 is 9.53 Å². The number of aromatic nitrogens is 2. The van der Waals surface area contributed by atoms with Gasteiger partial charge >= 0.3 is 0 Å². The molecule has 3 rings (SSSR count). The highest BCUT2D eigenvalue weighted by atomic mass is 35.5. The topological polar surface area (TPSA) is 96.4 Å². The van der Waals surface area contributed by atoms with Gasteiger partial charge in [-0.25, -0.2) is 10.4 Å². The fourth-order valence-electron chi connectivity index (χ4n) is 2.65. The summed E-state index contributed by atoms with van der Waals surface area (Å²) >= 11 is 6.18. The fraction of sp³-hybridized carbons (Fsp3) is 0.238. The molecule has 8 heteroatoms. The molecule has 0 radical (unpaired) electrons. The molecule has 0 aliphatic carbocycles. The van der Waals surface area contributed by atoms with E-state index >= 15 is 0 Å². The summed E-state index contributed by atoms with van der Waals surface area (Å²) in [5, 5.41) is 4.40.